The number of carbonyl (C=O) groups is 2. The lowest BCUT2D eigenvalue weighted by molar-refractivity contribution is -0.141. The van der Waals surface area contributed by atoms with Gasteiger partial charge in [0.2, 0.25) is 0 Å². The third-order valence-corrected chi connectivity index (χ3v) is 5.03. The number of benzene rings is 2. The van der Waals surface area contributed by atoms with Crippen molar-refractivity contribution >= 4 is 11.8 Å². The van der Waals surface area contributed by atoms with Gasteiger partial charge >= 0.3 is 0 Å². The van der Waals surface area contributed by atoms with Crippen LogP contribution in [0.3, 0.4) is 0 Å². The number of nitrogens with zero attached hydrogens (tertiary/aromatic N) is 1. The Labute approximate surface area is 168 Å². The molecule has 1 aliphatic heterocycles. The van der Waals surface area contributed by atoms with Gasteiger partial charge in [-0.3, -0.25) is 9.59 Å². The van der Waals surface area contributed by atoms with E-state index in [4.69, 9.17) is 9.47 Å². The topological polar surface area (TPSA) is 67.9 Å². The Bertz CT molecular complexity index is 883. The molecule has 1 atom stereocenters. The summed E-state index contributed by atoms with van der Waals surface area (Å²) >= 11 is 0. The van der Waals surface area contributed by atoms with Crippen molar-refractivity contribution < 1.29 is 23.5 Å². The average Bonchev–Trinajstić information content (AvgIpc) is 3.57. The largest absolute Gasteiger partial charge is 0.484 e. The maximum Gasteiger partial charge on any atom is 0.260 e. The van der Waals surface area contributed by atoms with Gasteiger partial charge in [-0.15, -0.1) is 0 Å². The van der Waals surface area contributed by atoms with Crippen molar-refractivity contribution in [2.24, 2.45) is 0 Å². The van der Waals surface area contributed by atoms with Gasteiger partial charge in [0.05, 0.1) is 13.2 Å². The quantitative estimate of drug-likeness (QED) is 0.813. The monoisotopic (exact) mass is 398 g/mol. The Morgan fingerprint density at radius 1 is 1.17 bits per heavy atom. The zero-order valence-electron chi connectivity index (χ0n) is 16.0. The van der Waals surface area contributed by atoms with Gasteiger partial charge in [0.15, 0.2) is 6.61 Å². The second-order valence-corrected chi connectivity index (χ2v) is 7.31. The normalized spacial score (nSPS) is 18.9. The van der Waals surface area contributed by atoms with Crippen molar-refractivity contribution in [3.8, 4) is 5.75 Å². The van der Waals surface area contributed by atoms with E-state index in [1.165, 1.54) is 12.1 Å². The van der Waals surface area contributed by atoms with Crippen LogP contribution < -0.4 is 10.1 Å². The number of carbonyl (C=O) groups excluding carboxylic acids is 2. The molecule has 0 bridgehead atoms. The van der Waals surface area contributed by atoms with Crippen LogP contribution in [0.2, 0.25) is 0 Å². The molecule has 29 heavy (non-hydrogen) atoms. The highest BCUT2D eigenvalue weighted by molar-refractivity contribution is 5.95. The van der Waals surface area contributed by atoms with Crippen LogP contribution >= 0.6 is 0 Å². The predicted molar refractivity (Wildman–Crippen MR) is 104 cm³/mol. The minimum absolute atomic E-state index is 0.121. The Morgan fingerprint density at radius 2 is 1.97 bits per heavy atom. The summed E-state index contributed by atoms with van der Waals surface area (Å²) in [6.07, 6.45) is 1.76. The Kier molecular flexibility index (Phi) is 5.76. The van der Waals surface area contributed by atoms with Gasteiger partial charge < -0.3 is 19.7 Å². The highest BCUT2D eigenvalue weighted by atomic mass is 19.1. The van der Waals surface area contributed by atoms with Crippen molar-refractivity contribution in [3.63, 3.8) is 0 Å². The minimum atomic E-state index is -0.307. The first-order valence-corrected chi connectivity index (χ1v) is 9.77. The number of rotatable bonds is 6. The second-order valence-electron chi connectivity index (χ2n) is 7.31. The molecule has 7 heteroatoms. The first-order valence-electron chi connectivity index (χ1n) is 9.77. The third-order valence-electron chi connectivity index (χ3n) is 5.03. The lowest BCUT2D eigenvalue weighted by Gasteiger charge is -2.33. The molecule has 2 aromatic carbocycles. The van der Waals surface area contributed by atoms with E-state index in [0.717, 1.165) is 18.4 Å². The van der Waals surface area contributed by atoms with Gasteiger partial charge in [0.25, 0.3) is 11.8 Å². The Hall–Kier alpha value is -2.93. The molecule has 0 aromatic heterocycles. The van der Waals surface area contributed by atoms with Gasteiger partial charge in [-0.2, -0.15) is 0 Å². The van der Waals surface area contributed by atoms with E-state index >= 15 is 0 Å². The van der Waals surface area contributed by atoms with Crippen LogP contribution in [0.4, 0.5) is 4.39 Å². The number of nitrogens with one attached hydrogen (secondary N) is 1. The van der Waals surface area contributed by atoms with Gasteiger partial charge in [-0.05, 0) is 48.7 Å². The molecule has 0 radical (unpaired) electrons. The first kappa shape index (κ1) is 19.4. The van der Waals surface area contributed by atoms with Gasteiger partial charge in [0.1, 0.15) is 17.7 Å². The van der Waals surface area contributed by atoms with Gasteiger partial charge in [0, 0.05) is 18.2 Å². The molecular weight excluding hydrogens is 375 g/mol. The van der Waals surface area contributed by atoms with Crippen LogP contribution in [0, 0.1) is 5.82 Å². The summed E-state index contributed by atoms with van der Waals surface area (Å²) in [4.78, 5) is 26.4. The smallest absolute Gasteiger partial charge is 0.260 e. The standard InChI is InChI=1S/C22H23FN2O4/c23-17-6-4-15(5-7-17)20-13-25(10-11-28-20)21(26)14-29-19-3-1-2-16(12-19)22(27)24-18-8-9-18/h1-7,12,18,20H,8-11,13-14H2,(H,24,27). The van der Waals surface area contributed by atoms with Crippen LogP contribution in [0.15, 0.2) is 48.5 Å². The van der Waals surface area contributed by atoms with Crippen LogP contribution in [0.1, 0.15) is 34.9 Å². The molecule has 1 saturated carbocycles. The fourth-order valence-corrected chi connectivity index (χ4v) is 3.21. The van der Waals surface area contributed by atoms with E-state index in [9.17, 15) is 14.0 Å². The van der Waals surface area contributed by atoms with Crippen LogP contribution in [0.5, 0.6) is 5.75 Å². The van der Waals surface area contributed by atoms with E-state index in [1.54, 1.807) is 41.3 Å². The summed E-state index contributed by atoms with van der Waals surface area (Å²) in [6.45, 7) is 1.15. The zero-order chi connectivity index (χ0) is 20.2. The molecule has 1 unspecified atom stereocenters. The fraction of sp³-hybridized carbons (Fsp3) is 0.364. The molecule has 2 aliphatic rings. The fourth-order valence-electron chi connectivity index (χ4n) is 3.21. The molecular formula is C22H23FN2O4. The van der Waals surface area contributed by atoms with E-state index in [2.05, 4.69) is 5.32 Å². The Balaban J connectivity index is 1.32. The van der Waals surface area contributed by atoms with Crippen LogP contribution in [-0.4, -0.2) is 49.1 Å². The Morgan fingerprint density at radius 3 is 2.72 bits per heavy atom. The average molecular weight is 398 g/mol. The van der Waals surface area contributed by atoms with E-state index in [0.29, 0.717) is 31.0 Å². The van der Waals surface area contributed by atoms with Crippen molar-refractivity contribution in [3.05, 3.63) is 65.5 Å². The van der Waals surface area contributed by atoms with Gasteiger partial charge in [-0.25, -0.2) is 4.39 Å². The number of hydrogen-bond acceptors (Lipinski definition) is 4. The number of halogens is 1. The predicted octanol–water partition coefficient (Wildman–Crippen LogP) is 2.70. The van der Waals surface area contributed by atoms with E-state index in [1.807, 2.05) is 0 Å². The molecule has 0 spiro atoms. The van der Waals surface area contributed by atoms with Crippen molar-refractivity contribution in [2.75, 3.05) is 26.3 Å². The summed E-state index contributed by atoms with van der Waals surface area (Å²) < 4.78 is 24.5. The maximum atomic E-state index is 13.1. The van der Waals surface area contributed by atoms with Gasteiger partial charge in [-0.1, -0.05) is 18.2 Å². The summed E-state index contributed by atoms with van der Waals surface area (Å²) in [6, 6.07) is 13.2. The van der Waals surface area contributed by atoms with Crippen LogP contribution in [0.25, 0.3) is 0 Å². The highest BCUT2D eigenvalue weighted by Gasteiger charge is 2.26. The lowest BCUT2D eigenvalue weighted by Crippen LogP contribution is -2.44. The zero-order valence-corrected chi connectivity index (χ0v) is 16.0. The number of morpholine rings is 1. The molecule has 1 heterocycles. The second kappa shape index (κ2) is 8.61. The van der Waals surface area contributed by atoms with Crippen molar-refractivity contribution in [1.82, 2.24) is 10.2 Å². The molecule has 1 saturated heterocycles. The summed E-state index contributed by atoms with van der Waals surface area (Å²) in [7, 11) is 0. The molecule has 4 rings (SSSR count). The summed E-state index contributed by atoms with van der Waals surface area (Å²) in [5.74, 6) is -0.114. The molecule has 152 valence electrons. The summed E-state index contributed by atoms with van der Waals surface area (Å²) in [5.41, 5.74) is 1.35. The minimum Gasteiger partial charge on any atom is -0.484 e. The number of amides is 2. The molecule has 2 aromatic rings. The number of hydrogen-bond donors (Lipinski definition) is 1. The highest BCUT2D eigenvalue weighted by Crippen LogP contribution is 2.23. The number of ether oxygens (including phenoxy) is 2. The van der Waals surface area contributed by atoms with Crippen LogP contribution in [-0.2, 0) is 9.53 Å². The SMILES string of the molecule is O=C(NC1CC1)c1cccc(OCC(=O)N2CCOC(c3ccc(F)cc3)C2)c1. The van der Waals surface area contributed by atoms with Crippen molar-refractivity contribution in [1.29, 1.82) is 0 Å². The van der Waals surface area contributed by atoms with E-state index < -0.39 is 0 Å². The molecule has 6 nitrogen and oxygen atoms in total. The third kappa shape index (κ3) is 5.12. The maximum absolute atomic E-state index is 13.1. The molecule has 1 aliphatic carbocycles. The first-order chi connectivity index (χ1) is 14.1. The molecule has 2 fully saturated rings. The van der Waals surface area contributed by atoms with E-state index in [-0.39, 0.29) is 36.4 Å². The molecule has 2 amide bonds. The lowest BCUT2D eigenvalue weighted by atomic mass is 10.1. The molecule has 1 N–H and O–H groups in total. The summed E-state index contributed by atoms with van der Waals surface area (Å²) in [5, 5.41) is 2.93. The van der Waals surface area contributed by atoms with Crippen molar-refractivity contribution in [2.45, 2.75) is 25.0 Å².